The Bertz CT molecular complexity index is 568. The number of para-hydroxylation sites is 1. The Kier molecular flexibility index (Phi) is 4.46. The number of halogens is 1. The van der Waals surface area contributed by atoms with Crippen molar-refractivity contribution in [2.45, 2.75) is 26.4 Å². The Balaban J connectivity index is 2.04. The minimum atomic E-state index is 0.179. The SMILES string of the molecule is Cc1cccc(CNC(C)c2cccc(Cl)c2)c1O. The Morgan fingerprint density at radius 3 is 2.68 bits per heavy atom. The summed E-state index contributed by atoms with van der Waals surface area (Å²) in [5.41, 5.74) is 2.95. The Hall–Kier alpha value is -1.51. The number of nitrogens with one attached hydrogen (secondary N) is 1. The quantitative estimate of drug-likeness (QED) is 0.876. The smallest absolute Gasteiger partial charge is 0.122 e. The van der Waals surface area contributed by atoms with Gasteiger partial charge >= 0.3 is 0 Å². The van der Waals surface area contributed by atoms with E-state index in [1.165, 1.54) is 0 Å². The highest BCUT2D eigenvalue weighted by Gasteiger charge is 2.08. The molecule has 1 atom stereocenters. The third-order valence-corrected chi connectivity index (χ3v) is 3.50. The van der Waals surface area contributed by atoms with E-state index in [1.807, 2.05) is 49.4 Å². The van der Waals surface area contributed by atoms with Crippen LogP contribution in [0.5, 0.6) is 5.75 Å². The van der Waals surface area contributed by atoms with Gasteiger partial charge < -0.3 is 10.4 Å². The van der Waals surface area contributed by atoms with Crippen molar-refractivity contribution in [3.63, 3.8) is 0 Å². The molecule has 2 rings (SSSR count). The summed E-state index contributed by atoms with van der Waals surface area (Å²) in [4.78, 5) is 0. The van der Waals surface area contributed by atoms with Crippen molar-refractivity contribution in [3.8, 4) is 5.75 Å². The number of benzene rings is 2. The van der Waals surface area contributed by atoms with Gasteiger partial charge in [0.25, 0.3) is 0 Å². The van der Waals surface area contributed by atoms with E-state index in [2.05, 4.69) is 12.2 Å². The molecule has 2 aromatic carbocycles. The van der Waals surface area contributed by atoms with Gasteiger partial charge in [-0.05, 0) is 37.1 Å². The zero-order valence-electron chi connectivity index (χ0n) is 11.2. The second-order valence-electron chi connectivity index (χ2n) is 4.74. The molecule has 0 amide bonds. The van der Waals surface area contributed by atoms with Crippen LogP contribution in [-0.4, -0.2) is 5.11 Å². The minimum Gasteiger partial charge on any atom is -0.507 e. The maximum atomic E-state index is 9.96. The summed E-state index contributed by atoms with van der Waals surface area (Å²) in [6.45, 7) is 4.61. The van der Waals surface area contributed by atoms with E-state index in [0.717, 1.165) is 21.7 Å². The Morgan fingerprint density at radius 2 is 1.95 bits per heavy atom. The van der Waals surface area contributed by atoms with E-state index in [1.54, 1.807) is 0 Å². The molecule has 0 aromatic heterocycles. The van der Waals surface area contributed by atoms with E-state index in [-0.39, 0.29) is 6.04 Å². The van der Waals surface area contributed by atoms with Crippen LogP contribution in [0.25, 0.3) is 0 Å². The van der Waals surface area contributed by atoms with Crippen molar-refractivity contribution >= 4 is 11.6 Å². The molecule has 0 heterocycles. The monoisotopic (exact) mass is 275 g/mol. The fraction of sp³-hybridized carbons (Fsp3) is 0.250. The summed E-state index contributed by atoms with van der Waals surface area (Å²) in [5.74, 6) is 0.369. The van der Waals surface area contributed by atoms with Crippen LogP contribution in [0.3, 0.4) is 0 Å². The third kappa shape index (κ3) is 3.49. The summed E-state index contributed by atoms with van der Waals surface area (Å²) in [6, 6.07) is 13.8. The van der Waals surface area contributed by atoms with Crippen LogP contribution in [0.15, 0.2) is 42.5 Å². The molecule has 0 saturated carbocycles. The first-order valence-corrected chi connectivity index (χ1v) is 6.72. The van der Waals surface area contributed by atoms with Crippen LogP contribution in [0.2, 0.25) is 5.02 Å². The van der Waals surface area contributed by atoms with E-state index in [0.29, 0.717) is 12.3 Å². The zero-order chi connectivity index (χ0) is 13.8. The number of phenolic OH excluding ortho intramolecular Hbond substituents is 1. The number of aromatic hydroxyl groups is 1. The fourth-order valence-corrected chi connectivity index (χ4v) is 2.22. The van der Waals surface area contributed by atoms with E-state index in [9.17, 15) is 5.11 Å². The first-order valence-electron chi connectivity index (χ1n) is 6.34. The lowest BCUT2D eigenvalue weighted by Gasteiger charge is -2.15. The molecule has 0 fully saturated rings. The second-order valence-corrected chi connectivity index (χ2v) is 5.18. The lowest BCUT2D eigenvalue weighted by atomic mass is 10.1. The van der Waals surface area contributed by atoms with Crippen LogP contribution in [-0.2, 0) is 6.54 Å². The number of aryl methyl sites for hydroxylation is 1. The molecule has 1 unspecified atom stereocenters. The van der Waals surface area contributed by atoms with Crippen molar-refractivity contribution in [1.82, 2.24) is 5.32 Å². The van der Waals surface area contributed by atoms with Gasteiger partial charge in [0.15, 0.2) is 0 Å². The zero-order valence-corrected chi connectivity index (χ0v) is 11.9. The number of phenols is 1. The van der Waals surface area contributed by atoms with Gasteiger partial charge in [0, 0.05) is 23.2 Å². The number of hydrogen-bond donors (Lipinski definition) is 2. The molecule has 3 heteroatoms. The van der Waals surface area contributed by atoms with Gasteiger partial charge in [-0.3, -0.25) is 0 Å². The lowest BCUT2D eigenvalue weighted by Crippen LogP contribution is -2.18. The largest absolute Gasteiger partial charge is 0.507 e. The average Bonchev–Trinajstić information content (AvgIpc) is 2.40. The lowest BCUT2D eigenvalue weighted by molar-refractivity contribution is 0.456. The normalized spacial score (nSPS) is 12.4. The van der Waals surface area contributed by atoms with E-state index in [4.69, 9.17) is 11.6 Å². The molecule has 0 radical (unpaired) electrons. The molecule has 0 aliphatic heterocycles. The predicted octanol–water partition coefficient (Wildman–Crippen LogP) is 4.20. The molecule has 2 N–H and O–H groups in total. The number of hydrogen-bond acceptors (Lipinski definition) is 2. The van der Waals surface area contributed by atoms with Gasteiger partial charge in [-0.1, -0.05) is 41.9 Å². The van der Waals surface area contributed by atoms with Crippen molar-refractivity contribution in [1.29, 1.82) is 0 Å². The highest BCUT2D eigenvalue weighted by Crippen LogP contribution is 2.23. The highest BCUT2D eigenvalue weighted by atomic mass is 35.5. The van der Waals surface area contributed by atoms with Crippen molar-refractivity contribution in [3.05, 3.63) is 64.2 Å². The molecule has 0 saturated heterocycles. The van der Waals surface area contributed by atoms with Crippen LogP contribution >= 0.6 is 11.6 Å². The minimum absolute atomic E-state index is 0.179. The molecule has 0 spiro atoms. The van der Waals surface area contributed by atoms with Gasteiger partial charge in [0.2, 0.25) is 0 Å². The summed E-state index contributed by atoms with van der Waals surface area (Å²) < 4.78 is 0. The maximum Gasteiger partial charge on any atom is 0.122 e. The van der Waals surface area contributed by atoms with Crippen LogP contribution in [0.1, 0.15) is 29.7 Å². The standard InChI is InChI=1S/C16H18ClNO/c1-11-5-3-7-14(16(11)19)10-18-12(2)13-6-4-8-15(17)9-13/h3-9,12,18-19H,10H2,1-2H3. The van der Waals surface area contributed by atoms with E-state index >= 15 is 0 Å². The molecular weight excluding hydrogens is 258 g/mol. The fourth-order valence-electron chi connectivity index (χ4n) is 2.02. The Morgan fingerprint density at radius 1 is 1.21 bits per heavy atom. The molecule has 0 bridgehead atoms. The highest BCUT2D eigenvalue weighted by molar-refractivity contribution is 6.30. The maximum absolute atomic E-state index is 9.96. The summed E-state index contributed by atoms with van der Waals surface area (Å²) in [6.07, 6.45) is 0. The first-order chi connectivity index (χ1) is 9.08. The van der Waals surface area contributed by atoms with Crippen molar-refractivity contribution in [2.24, 2.45) is 0 Å². The third-order valence-electron chi connectivity index (χ3n) is 3.27. The van der Waals surface area contributed by atoms with Gasteiger partial charge in [0.05, 0.1) is 0 Å². The molecule has 100 valence electrons. The van der Waals surface area contributed by atoms with Crippen molar-refractivity contribution < 1.29 is 5.11 Å². The van der Waals surface area contributed by atoms with Crippen molar-refractivity contribution in [2.75, 3.05) is 0 Å². The van der Waals surface area contributed by atoms with E-state index < -0.39 is 0 Å². The average molecular weight is 276 g/mol. The second kappa shape index (κ2) is 6.09. The summed E-state index contributed by atoms with van der Waals surface area (Å²) in [5, 5.41) is 14.1. The molecule has 19 heavy (non-hydrogen) atoms. The molecule has 0 aliphatic carbocycles. The number of rotatable bonds is 4. The van der Waals surface area contributed by atoms with Gasteiger partial charge in [-0.25, -0.2) is 0 Å². The van der Waals surface area contributed by atoms with Crippen LogP contribution in [0, 0.1) is 6.92 Å². The molecule has 0 aliphatic rings. The van der Waals surface area contributed by atoms with Gasteiger partial charge in [-0.15, -0.1) is 0 Å². The predicted molar refractivity (Wildman–Crippen MR) is 79.6 cm³/mol. The molecule has 2 nitrogen and oxygen atoms in total. The van der Waals surface area contributed by atoms with Gasteiger partial charge in [0.1, 0.15) is 5.75 Å². The van der Waals surface area contributed by atoms with Crippen LogP contribution < -0.4 is 5.32 Å². The Labute approximate surface area is 119 Å². The molecule has 2 aromatic rings. The van der Waals surface area contributed by atoms with Gasteiger partial charge in [-0.2, -0.15) is 0 Å². The summed E-state index contributed by atoms with van der Waals surface area (Å²) in [7, 11) is 0. The first kappa shape index (κ1) is 13.9. The van der Waals surface area contributed by atoms with Crippen LogP contribution in [0.4, 0.5) is 0 Å². The topological polar surface area (TPSA) is 32.3 Å². The molecular formula is C16H18ClNO. The summed E-state index contributed by atoms with van der Waals surface area (Å²) >= 11 is 5.98.